The number of nitrogens with zero attached hydrogens (tertiary/aromatic N) is 6. The molecule has 8 nitrogen and oxygen atoms in total. The van der Waals surface area contributed by atoms with Crippen LogP contribution >= 0.6 is 0 Å². The zero-order valence-corrected chi connectivity index (χ0v) is 18.8. The predicted octanol–water partition coefficient (Wildman–Crippen LogP) is 3.71. The highest BCUT2D eigenvalue weighted by molar-refractivity contribution is 5.58. The predicted molar refractivity (Wildman–Crippen MR) is 128 cm³/mol. The van der Waals surface area contributed by atoms with E-state index in [0.29, 0.717) is 30.9 Å². The second-order valence-corrected chi connectivity index (χ2v) is 8.55. The highest BCUT2D eigenvalue weighted by Gasteiger charge is 2.39. The van der Waals surface area contributed by atoms with E-state index >= 15 is 0 Å². The average molecular weight is 455 g/mol. The van der Waals surface area contributed by atoms with Crippen LogP contribution in [0, 0.1) is 0 Å². The third-order valence-corrected chi connectivity index (χ3v) is 6.41. The molecule has 2 atom stereocenters. The van der Waals surface area contributed by atoms with Crippen LogP contribution in [0.15, 0.2) is 73.1 Å². The van der Waals surface area contributed by atoms with Crippen molar-refractivity contribution in [3.8, 4) is 23.1 Å². The van der Waals surface area contributed by atoms with Crippen LogP contribution in [0.4, 0.5) is 5.82 Å². The van der Waals surface area contributed by atoms with Crippen molar-refractivity contribution < 1.29 is 9.47 Å². The Bertz CT molecular complexity index is 1250. The number of hydrogen-bond donors (Lipinski definition) is 0. The second-order valence-electron chi connectivity index (χ2n) is 8.55. The van der Waals surface area contributed by atoms with Gasteiger partial charge in [0.05, 0.1) is 24.4 Å². The largest absolute Gasteiger partial charge is 0.463 e. The minimum Gasteiger partial charge on any atom is -0.463 e. The number of benzene rings is 1. The van der Waals surface area contributed by atoms with E-state index in [1.807, 2.05) is 54.7 Å². The molecule has 0 unspecified atom stereocenters. The summed E-state index contributed by atoms with van der Waals surface area (Å²) in [5.74, 6) is 1.54. The summed E-state index contributed by atoms with van der Waals surface area (Å²) >= 11 is 0. The Balaban J connectivity index is 1.29. The van der Waals surface area contributed by atoms with Gasteiger partial charge in [-0.3, -0.25) is 4.98 Å². The first-order valence-corrected chi connectivity index (χ1v) is 11.7. The lowest BCUT2D eigenvalue weighted by Crippen LogP contribution is -2.32. The molecule has 0 saturated carbocycles. The van der Waals surface area contributed by atoms with Gasteiger partial charge in [0.2, 0.25) is 0 Å². The van der Waals surface area contributed by atoms with Crippen LogP contribution in [0.2, 0.25) is 0 Å². The molecule has 8 heteroatoms. The van der Waals surface area contributed by atoms with Crippen LogP contribution in [-0.4, -0.2) is 56.6 Å². The molecule has 34 heavy (non-hydrogen) atoms. The minimum atomic E-state index is 0.279. The summed E-state index contributed by atoms with van der Waals surface area (Å²) in [5.41, 5.74) is 2.93. The quantitative estimate of drug-likeness (QED) is 0.421. The minimum absolute atomic E-state index is 0.279. The van der Waals surface area contributed by atoms with Gasteiger partial charge in [0, 0.05) is 49.3 Å². The number of pyridine rings is 1. The van der Waals surface area contributed by atoms with Crippen LogP contribution in [-0.2, 0) is 11.2 Å². The summed E-state index contributed by atoms with van der Waals surface area (Å²) in [5, 5.41) is 4.77. The number of anilines is 1. The van der Waals surface area contributed by atoms with Gasteiger partial charge in [-0.05, 0) is 31.0 Å². The summed E-state index contributed by atoms with van der Waals surface area (Å²) in [4.78, 5) is 16.2. The summed E-state index contributed by atoms with van der Waals surface area (Å²) in [7, 11) is 0. The third-order valence-electron chi connectivity index (χ3n) is 6.41. The Morgan fingerprint density at radius 1 is 0.971 bits per heavy atom. The van der Waals surface area contributed by atoms with Crippen LogP contribution < -0.4 is 9.64 Å². The Morgan fingerprint density at radius 2 is 1.85 bits per heavy atom. The molecule has 0 amide bonds. The smallest absolute Gasteiger partial charge is 0.320 e. The van der Waals surface area contributed by atoms with Gasteiger partial charge >= 0.3 is 6.01 Å². The molecule has 0 radical (unpaired) electrons. The topological polar surface area (TPSA) is 78.2 Å². The van der Waals surface area contributed by atoms with Crippen molar-refractivity contribution in [1.82, 2.24) is 24.7 Å². The highest BCUT2D eigenvalue weighted by Crippen LogP contribution is 2.33. The zero-order chi connectivity index (χ0) is 22.7. The maximum absolute atomic E-state index is 6.01. The summed E-state index contributed by atoms with van der Waals surface area (Å²) in [6, 6.07) is 20.7. The maximum Gasteiger partial charge on any atom is 0.320 e. The van der Waals surface area contributed by atoms with Crippen LogP contribution in [0.5, 0.6) is 6.01 Å². The lowest BCUT2D eigenvalue weighted by Gasteiger charge is -2.24. The van der Waals surface area contributed by atoms with Crippen LogP contribution in [0.25, 0.3) is 17.1 Å². The molecular weight excluding hydrogens is 428 g/mol. The van der Waals surface area contributed by atoms with E-state index in [-0.39, 0.29) is 6.10 Å². The molecule has 4 aromatic rings. The zero-order valence-electron chi connectivity index (χ0n) is 18.8. The van der Waals surface area contributed by atoms with Crippen LogP contribution in [0.1, 0.15) is 18.5 Å². The second kappa shape index (κ2) is 9.23. The van der Waals surface area contributed by atoms with Gasteiger partial charge < -0.3 is 14.4 Å². The fourth-order valence-electron chi connectivity index (χ4n) is 4.72. The van der Waals surface area contributed by atoms with E-state index < -0.39 is 0 Å². The molecule has 3 aromatic heterocycles. The molecule has 2 saturated heterocycles. The molecule has 0 spiro atoms. The highest BCUT2D eigenvalue weighted by atomic mass is 16.5. The van der Waals surface area contributed by atoms with Gasteiger partial charge in [0.15, 0.2) is 5.82 Å². The lowest BCUT2D eigenvalue weighted by atomic mass is 10.1. The number of ether oxygens (including phenoxy) is 2. The molecule has 0 aliphatic carbocycles. The molecule has 1 aromatic carbocycles. The SMILES string of the molecule is c1ccc(-c2ccn(-c3cc(N4CC[C@H]5OCC[C@H]54)nc(OCCc4ccccn4)n3)n2)cc1. The van der Waals surface area contributed by atoms with Gasteiger partial charge in [0.1, 0.15) is 5.82 Å². The number of hydrogen-bond acceptors (Lipinski definition) is 7. The first-order chi connectivity index (χ1) is 16.8. The first-order valence-electron chi connectivity index (χ1n) is 11.7. The summed E-state index contributed by atoms with van der Waals surface area (Å²) < 4.78 is 13.7. The van der Waals surface area contributed by atoms with Crippen molar-refractivity contribution >= 4 is 5.82 Å². The van der Waals surface area contributed by atoms with Gasteiger partial charge in [-0.1, -0.05) is 36.4 Å². The van der Waals surface area contributed by atoms with Crippen LogP contribution in [0.3, 0.4) is 0 Å². The molecule has 5 heterocycles. The fourth-order valence-corrected chi connectivity index (χ4v) is 4.72. The Kier molecular flexibility index (Phi) is 5.64. The Labute approximate surface area is 198 Å². The van der Waals surface area contributed by atoms with Crippen molar-refractivity contribution in [3.63, 3.8) is 0 Å². The fraction of sp³-hybridized carbons (Fsp3) is 0.308. The van der Waals surface area contributed by atoms with E-state index in [2.05, 4.69) is 27.0 Å². The van der Waals surface area contributed by atoms with E-state index in [0.717, 1.165) is 48.8 Å². The molecular formula is C26H26N6O2. The molecule has 0 N–H and O–H groups in total. The van der Waals surface area contributed by atoms with Gasteiger partial charge in [-0.2, -0.15) is 15.1 Å². The molecule has 0 bridgehead atoms. The molecule has 172 valence electrons. The van der Waals surface area contributed by atoms with E-state index in [4.69, 9.17) is 19.6 Å². The standard InChI is InChI=1S/C26H26N6O2/c1-2-6-19(7-3-1)21-9-15-32(30-21)25-18-24(31-14-10-23-22(31)12-17-33-23)28-26(29-25)34-16-11-20-8-4-5-13-27-20/h1-9,13,15,18,22-23H,10-12,14,16-17H2/t22-,23-/m1/s1. The van der Waals surface area contributed by atoms with Gasteiger partial charge in [-0.15, -0.1) is 0 Å². The van der Waals surface area contributed by atoms with Crippen molar-refractivity contribution in [2.75, 3.05) is 24.7 Å². The average Bonchev–Trinajstić information content (AvgIpc) is 3.63. The molecule has 2 aliphatic rings. The first kappa shape index (κ1) is 20.8. The summed E-state index contributed by atoms with van der Waals surface area (Å²) in [6.07, 6.45) is 6.71. The Morgan fingerprint density at radius 3 is 2.74 bits per heavy atom. The third kappa shape index (κ3) is 4.24. The summed E-state index contributed by atoms with van der Waals surface area (Å²) in [6.45, 7) is 2.16. The molecule has 2 aliphatic heterocycles. The molecule has 6 rings (SSSR count). The monoisotopic (exact) mass is 454 g/mol. The number of aromatic nitrogens is 5. The van der Waals surface area contributed by atoms with Crippen molar-refractivity contribution in [1.29, 1.82) is 0 Å². The van der Waals surface area contributed by atoms with Gasteiger partial charge in [-0.25, -0.2) is 4.68 Å². The van der Waals surface area contributed by atoms with E-state index in [9.17, 15) is 0 Å². The maximum atomic E-state index is 6.01. The van der Waals surface area contributed by atoms with Crippen molar-refractivity contribution in [2.24, 2.45) is 0 Å². The number of rotatable bonds is 7. The lowest BCUT2D eigenvalue weighted by molar-refractivity contribution is 0.113. The van der Waals surface area contributed by atoms with Crippen molar-refractivity contribution in [3.05, 3.63) is 78.8 Å². The van der Waals surface area contributed by atoms with Gasteiger partial charge in [0.25, 0.3) is 0 Å². The number of fused-ring (bicyclic) bond motifs is 1. The van der Waals surface area contributed by atoms with E-state index in [1.165, 1.54) is 0 Å². The Hall–Kier alpha value is -3.78. The normalized spacial score (nSPS) is 19.4. The molecule has 2 fully saturated rings. The van der Waals surface area contributed by atoms with E-state index in [1.54, 1.807) is 10.9 Å². The van der Waals surface area contributed by atoms with Crippen molar-refractivity contribution in [2.45, 2.75) is 31.4 Å².